The number of hydrogen-bond donors (Lipinski definition) is 2. The van der Waals surface area contributed by atoms with Crippen LogP contribution in [0.15, 0.2) is 29.4 Å². The zero-order valence-corrected chi connectivity index (χ0v) is 15.8. The molecule has 138 valence electrons. The van der Waals surface area contributed by atoms with Crippen LogP contribution in [-0.2, 0) is 19.3 Å². The quantitative estimate of drug-likeness (QED) is 0.446. The van der Waals surface area contributed by atoms with Gasteiger partial charge in [0.05, 0.1) is 5.71 Å². The molecular weight excluding hydrogens is 324 g/mol. The van der Waals surface area contributed by atoms with Crippen molar-refractivity contribution in [1.82, 2.24) is 15.6 Å². The van der Waals surface area contributed by atoms with Crippen molar-refractivity contribution < 1.29 is 4.79 Å². The molecule has 1 aromatic carbocycles. The molecule has 0 bridgehead atoms. The van der Waals surface area contributed by atoms with E-state index < -0.39 is 0 Å². The van der Waals surface area contributed by atoms with E-state index in [2.05, 4.69) is 51.9 Å². The zero-order chi connectivity index (χ0) is 18.4. The van der Waals surface area contributed by atoms with Crippen LogP contribution in [0, 0.1) is 0 Å². The summed E-state index contributed by atoms with van der Waals surface area (Å²) in [4.78, 5) is 12.4. The lowest BCUT2D eigenvalue weighted by Gasteiger charge is -2.10. The summed E-state index contributed by atoms with van der Waals surface area (Å²) in [5, 5.41) is 11.5. The molecule has 5 heteroatoms. The van der Waals surface area contributed by atoms with E-state index >= 15 is 0 Å². The van der Waals surface area contributed by atoms with E-state index in [-0.39, 0.29) is 5.91 Å². The van der Waals surface area contributed by atoms with Gasteiger partial charge < -0.3 is 0 Å². The summed E-state index contributed by atoms with van der Waals surface area (Å²) in [7, 11) is 0. The Morgan fingerprint density at radius 2 is 1.96 bits per heavy atom. The Hall–Kier alpha value is -2.43. The smallest absolute Gasteiger partial charge is 0.281 e. The van der Waals surface area contributed by atoms with Crippen LogP contribution >= 0.6 is 0 Å². The van der Waals surface area contributed by atoms with Crippen molar-refractivity contribution in [3.8, 4) is 0 Å². The Balaban J connectivity index is 1.61. The Morgan fingerprint density at radius 1 is 1.19 bits per heavy atom. The summed E-state index contributed by atoms with van der Waals surface area (Å²) in [5.74, 6) is -0.236. The van der Waals surface area contributed by atoms with Crippen molar-refractivity contribution in [2.45, 2.75) is 65.2 Å². The summed E-state index contributed by atoms with van der Waals surface area (Å²) in [6.45, 7) is 4.13. The molecule has 0 atom stereocenters. The average Bonchev–Trinajstić information content (AvgIpc) is 3.11. The maximum absolute atomic E-state index is 12.4. The number of H-pyrrole nitrogens is 1. The predicted octanol–water partition coefficient (Wildman–Crippen LogP) is 4.18. The topological polar surface area (TPSA) is 70.1 Å². The van der Waals surface area contributed by atoms with Gasteiger partial charge in [0.15, 0.2) is 5.69 Å². The molecular formula is C21H28N4O. The first-order valence-electron chi connectivity index (χ1n) is 9.69. The number of nitrogens with zero attached hydrogens (tertiary/aromatic N) is 2. The van der Waals surface area contributed by atoms with E-state index in [1.165, 1.54) is 24.8 Å². The van der Waals surface area contributed by atoms with Crippen molar-refractivity contribution in [3.63, 3.8) is 0 Å². The van der Waals surface area contributed by atoms with Gasteiger partial charge in [-0.05, 0) is 56.6 Å². The standard InChI is InChI=1S/C21H28N4O/c1-3-4-5-8-16-11-13-17(14-12-16)15(2)22-25-21(26)20-18-9-6-7-10-19(18)23-24-20/h11-14H,3-10H2,1-2H3,(H,23,24)(H,25,26)/b22-15-. The molecule has 0 spiro atoms. The van der Waals surface area contributed by atoms with Crippen molar-refractivity contribution in [3.05, 3.63) is 52.3 Å². The van der Waals surface area contributed by atoms with Crippen molar-refractivity contribution in [2.24, 2.45) is 5.10 Å². The predicted molar refractivity (Wildman–Crippen MR) is 105 cm³/mol. The number of nitrogens with one attached hydrogen (secondary N) is 2. The molecule has 0 saturated heterocycles. The number of hydrazone groups is 1. The summed E-state index contributed by atoms with van der Waals surface area (Å²) < 4.78 is 0. The molecule has 1 heterocycles. The second kappa shape index (κ2) is 8.79. The second-order valence-electron chi connectivity index (χ2n) is 7.03. The van der Waals surface area contributed by atoms with E-state index in [0.29, 0.717) is 5.69 Å². The van der Waals surface area contributed by atoms with E-state index in [1.807, 2.05) is 6.92 Å². The fourth-order valence-electron chi connectivity index (χ4n) is 3.41. The number of aromatic nitrogens is 2. The lowest BCUT2D eigenvalue weighted by atomic mass is 9.96. The maximum Gasteiger partial charge on any atom is 0.292 e. The number of carbonyl (C=O) groups is 1. The first-order chi connectivity index (χ1) is 12.7. The fraction of sp³-hybridized carbons (Fsp3) is 0.476. The molecule has 26 heavy (non-hydrogen) atoms. The van der Waals surface area contributed by atoms with Crippen molar-refractivity contribution >= 4 is 11.6 Å². The molecule has 0 fully saturated rings. The molecule has 1 amide bonds. The molecule has 0 unspecified atom stereocenters. The second-order valence-corrected chi connectivity index (χ2v) is 7.03. The number of aromatic amines is 1. The van der Waals surface area contributed by atoms with Gasteiger partial charge in [-0.25, -0.2) is 5.43 Å². The van der Waals surface area contributed by atoms with Crippen LogP contribution in [0.4, 0.5) is 0 Å². The average molecular weight is 352 g/mol. The van der Waals surface area contributed by atoms with Gasteiger partial charge in [0, 0.05) is 11.3 Å². The lowest BCUT2D eigenvalue weighted by molar-refractivity contribution is 0.0948. The van der Waals surface area contributed by atoms with Crippen molar-refractivity contribution in [2.75, 3.05) is 0 Å². The maximum atomic E-state index is 12.4. The number of amides is 1. The number of rotatable bonds is 7. The minimum atomic E-state index is -0.236. The fourth-order valence-corrected chi connectivity index (χ4v) is 3.41. The first-order valence-corrected chi connectivity index (χ1v) is 9.69. The number of fused-ring (bicyclic) bond motifs is 1. The molecule has 1 aliphatic rings. The third kappa shape index (κ3) is 4.40. The highest BCUT2D eigenvalue weighted by molar-refractivity contribution is 6.00. The van der Waals surface area contributed by atoms with Crippen LogP contribution in [0.5, 0.6) is 0 Å². The summed E-state index contributed by atoms with van der Waals surface area (Å²) in [5.41, 5.74) is 8.46. The van der Waals surface area contributed by atoms with Crippen LogP contribution in [0.25, 0.3) is 0 Å². The summed E-state index contributed by atoms with van der Waals surface area (Å²) >= 11 is 0. The van der Waals surface area contributed by atoms with E-state index in [4.69, 9.17) is 0 Å². The zero-order valence-electron chi connectivity index (χ0n) is 15.8. The molecule has 1 aromatic heterocycles. The van der Waals surface area contributed by atoms with E-state index in [0.717, 1.165) is 54.6 Å². The number of unbranched alkanes of at least 4 members (excludes halogenated alkanes) is 2. The van der Waals surface area contributed by atoms with Crippen LogP contribution in [0.3, 0.4) is 0 Å². The molecule has 0 radical (unpaired) electrons. The van der Waals surface area contributed by atoms with Crippen LogP contribution in [0.2, 0.25) is 0 Å². The minimum Gasteiger partial charge on any atom is -0.281 e. The SMILES string of the molecule is CCCCCc1ccc(/C(C)=N\NC(=O)c2n[nH]c3c2CCCC3)cc1. The highest BCUT2D eigenvalue weighted by Crippen LogP contribution is 2.22. The first kappa shape index (κ1) is 18.4. The highest BCUT2D eigenvalue weighted by atomic mass is 16.2. The van der Waals surface area contributed by atoms with Crippen molar-refractivity contribution in [1.29, 1.82) is 0 Å². The third-order valence-corrected chi connectivity index (χ3v) is 5.04. The number of benzene rings is 1. The molecule has 3 rings (SSSR count). The van der Waals surface area contributed by atoms with Gasteiger partial charge in [-0.15, -0.1) is 0 Å². The van der Waals surface area contributed by atoms with Gasteiger partial charge in [0.25, 0.3) is 5.91 Å². The normalized spacial score (nSPS) is 14.2. The Morgan fingerprint density at radius 3 is 2.73 bits per heavy atom. The Bertz CT molecular complexity index is 774. The monoisotopic (exact) mass is 352 g/mol. The Kier molecular flexibility index (Phi) is 6.21. The largest absolute Gasteiger partial charge is 0.292 e. The molecule has 0 aliphatic heterocycles. The highest BCUT2D eigenvalue weighted by Gasteiger charge is 2.21. The van der Waals surface area contributed by atoms with Gasteiger partial charge in [0.1, 0.15) is 0 Å². The van der Waals surface area contributed by atoms with Gasteiger partial charge in [-0.1, -0.05) is 44.0 Å². The Labute approximate surface area is 155 Å². The number of carbonyl (C=O) groups excluding carboxylic acids is 1. The number of aryl methyl sites for hydroxylation is 2. The molecule has 2 N–H and O–H groups in total. The van der Waals surface area contributed by atoms with Gasteiger partial charge >= 0.3 is 0 Å². The van der Waals surface area contributed by atoms with Crippen LogP contribution in [0.1, 0.15) is 78.8 Å². The van der Waals surface area contributed by atoms with Gasteiger partial charge in [0.2, 0.25) is 0 Å². The lowest BCUT2D eigenvalue weighted by Crippen LogP contribution is -2.21. The number of hydrogen-bond acceptors (Lipinski definition) is 3. The molecule has 0 saturated carbocycles. The van der Waals surface area contributed by atoms with E-state index in [9.17, 15) is 4.79 Å². The third-order valence-electron chi connectivity index (χ3n) is 5.04. The molecule has 1 aliphatic carbocycles. The summed E-state index contributed by atoms with van der Waals surface area (Å²) in [6.07, 6.45) is 9.01. The van der Waals surface area contributed by atoms with Crippen LogP contribution in [-0.4, -0.2) is 21.8 Å². The minimum absolute atomic E-state index is 0.236. The molecule has 5 nitrogen and oxygen atoms in total. The van der Waals surface area contributed by atoms with Crippen LogP contribution < -0.4 is 5.43 Å². The molecule has 2 aromatic rings. The summed E-state index contributed by atoms with van der Waals surface area (Å²) in [6, 6.07) is 8.44. The van der Waals surface area contributed by atoms with Gasteiger partial charge in [-0.2, -0.15) is 10.2 Å². The van der Waals surface area contributed by atoms with Gasteiger partial charge in [-0.3, -0.25) is 9.89 Å². The van der Waals surface area contributed by atoms with E-state index in [1.54, 1.807) is 0 Å².